The number of hydrogen-bond donors (Lipinski definition) is 1. The number of amides is 2. The van der Waals surface area contributed by atoms with Crippen molar-refractivity contribution in [3.8, 4) is 6.07 Å². The number of halogens is 1. The zero-order valence-corrected chi connectivity index (χ0v) is 22.4. The highest BCUT2D eigenvalue weighted by Gasteiger charge is 2.24. The lowest BCUT2D eigenvalue weighted by Crippen LogP contribution is -2.48. The van der Waals surface area contributed by atoms with Crippen molar-refractivity contribution in [2.75, 3.05) is 39.3 Å². The normalized spacial score (nSPS) is 16.9. The highest BCUT2D eigenvalue weighted by atomic mass is 19.1. The lowest BCUT2D eigenvalue weighted by atomic mass is 10.0. The minimum atomic E-state index is -0.243. The third kappa shape index (κ3) is 7.08. The zero-order chi connectivity index (χ0) is 27.9. The highest BCUT2D eigenvalue weighted by molar-refractivity contribution is 5.96. The summed E-state index contributed by atoms with van der Waals surface area (Å²) in [5, 5.41) is 12.1. The second-order valence-electron chi connectivity index (χ2n) is 10.5. The number of nitrogens with one attached hydrogen (secondary N) is 1. The molecule has 9 heteroatoms. The molecule has 8 nitrogen and oxygen atoms in total. The Morgan fingerprint density at radius 1 is 0.850 bits per heavy atom. The van der Waals surface area contributed by atoms with Gasteiger partial charge in [-0.05, 0) is 60.4 Å². The number of rotatable bonds is 7. The molecule has 0 radical (unpaired) electrons. The van der Waals surface area contributed by atoms with Crippen molar-refractivity contribution in [3.05, 3.63) is 101 Å². The van der Waals surface area contributed by atoms with Gasteiger partial charge in [-0.3, -0.25) is 24.4 Å². The van der Waals surface area contributed by atoms with Gasteiger partial charge < -0.3 is 10.2 Å². The Bertz CT molecular complexity index is 1340. The molecule has 2 saturated heterocycles. The van der Waals surface area contributed by atoms with Crippen LogP contribution in [-0.4, -0.2) is 76.8 Å². The fourth-order valence-electron chi connectivity index (χ4n) is 5.22. The second kappa shape index (κ2) is 12.8. The summed E-state index contributed by atoms with van der Waals surface area (Å²) in [5.74, 6) is -0.553. The number of piperidine rings is 1. The SMILES string of the molecule is N#Cc1ccc(CN2CCC(NC(=O)c3ccc(C(=O)N4CCN(Cc5ccc(F)cc5)CC4)nc3)CC2)cc1. The maximum absolute atomic E-state index is 13.1. The standard InChI is InChI=1S/C31H33FN6O2/c32-27-8-5-25(6-9-27)22-37-15-17-38(18-16-37)31(40)29-10-7-26(20-34-29)30(39)35-28-11-13-36(14-12-28)21-24-3-1-23(19-33)2-4-24/h1-10,20,28H,11-18,21-22H2,(H,35,39). The predicted octanol–water partition coefficient (Wildman–Crippen LogP) is 3.44. The minimum Gasteiger partial charge on any atom is -0.349 e. The van der Waals surface area contributed by atoms with E-state index in [1.807, 2.05) is 24.3 Å². The van der Waals surface area contributed by atoms with Gasteiger partial charge in [-0.25, -0.2) is 4.39 Å². The average Bonchev–Trinajstić information content (AvgIpc) is 3.00. The van der Waals surface area contributed by atoms with Gasteiger partial charge in [0.15, 0.2) is 0 Å². The number of pyridine rings is 1. The van der Waals surface area contributed by atoms with E-state index in [4.69, 9.17) is 5.26 Å². The van der Waals surface area contributed by atoms with E-state index >= 15 is 0 Å². The largest absolute Gasteiger partial charge is 0.349 e. The van der Waals surface area contributed by atoms with Crippen LogP contribution in [0.2, 0.25) is 0 Å². The summed E-state index contributed by atoms with van der Waals surface area (Å²) in [7, 11) is 0. The highest BCUT2D eigenvalue weighted by Crippen LogP contribution is 2.16. The fraction of sp³-hybridized carbons (Fsp3) is 0.355. The molecule has 0 unspecified atom stereocenters. The number of nitrogens with zero attached hydrogens (tertiary/aromatic N) is 5. The van der Waals surface area contributed by atoms with Gasteiger partial charge >= 0.3 is 0 Å². The Kier molecular flexibility index (Phi) is 8.79. The lowest BCUT2D eigenvalue weighted by Gasteiger charge is -2.34. The number of hydrogen-bond acceptors (Lipinski definition) is 6. The Morgan fingerprint density at radius 3 is 2.02 bits per heavy atom. The van der Waals surface area contributed by atoms with Crippen LogP contribution in [-0.2, 0) is 13.1 Å². The third-order valence-corrected chi connectivity index (χ3v) is 7.64. The van der Waals surface area contributed by atoms with Crippen LogP contribution in [0.1, 0.15) is 50.4 Å². The first kappa shape index (κ1) is 27.4. The summed E-state index contributed by atoms with van der Waals surface area (Å²) in [4.78, 5) is 36.5. The number of carbonyl (C=O) groups excluding carboxylic acids is 2. The molecule has 40 heavy (non-hydrogen) atoms. The second-order valence-corrected chi connectivity index (χ2v) is 10.5. The van der Waals surface area contributed by atoms with E-state index < -0.39 is 0 Å². The molecule has 2 aliphatic heterocycles. The van der Waals surface area contributed by atoms with Gasteiger partial charge in [0.05, 0.1) is 17.2 Å². The van der Waals surface area contributed by atoms with Crippen LogP contribution in [0.4, 0.5) is 4.39 Å². The Balaban J connectivity index is 1.05. The molecule has 5 rings (SSSR count). The van der Waals surface area contributed by atoms with Gasteiger partial charge in [-0.15, -0.1) is 0 Å². The van der Waals surface area contributed by atoms with Gasteiger partial charge in [0.2, 0.25) is 0 Å². The first-order valence-electron chi connectivity index (χ1n) is 13.7. The molecule has 0 aliphatic carbocycles. The van der Waals surface area contributed by atoms with Crippen LogP contribution in [0.25, 0.3) is 0 Å². The third-order valence-electron chi connectivity index (χ3n) is 7.64. The molecule has 1 aromatic heterocycles. The first-order chi connectivity index (χ1) is 19.5. The van der Waals surface area contributed by atoms with Crippen LogP contribution >= 0.6 is 0 Å². The van der Waals surface area contributed by atoms with Crippen molar-refractivity contribution in [2.45, 2.75) is 32.0 Å². The molecule has 2 fully saturated rings. The van der Waals surface area contributed by atoms with E-state index in [2.05, 4.69) is 26.2 Å². The van der Waals surface area contributed by atoms with E-state index in [0.29, 0.717) is 29.9 Å². The number of aromatic nitrogens is 1. The van der Waals surface area contributed by atoms with Crippen molar-refractivity contribution in [1.82, 2.24) is 25.0 Å². The number of piperazine rings is 1. The van der Waals surface area contributed by atoms with E-state index in [1.165, 1.54) is 23.9 Å². The van der Waals surface area contributed by atoms with Gasteiger partial charge in [0.1, 0.15) is 11.5 Å². The molecule has 3 aromatic rings. The number of carbonyl (C=O) groups is 2. The number of nitriles is 1. The van der Waals surface area contributed by atoms with E-state index in [0.717, 1.165) is 57.7 Å². The molecule has 1 N–H and O–H groups in total. The molecule has 0 spiro atoms. The summed E-state index contributed by atoms with van der Waals surface area (Å²) < 4.78 is 13.1. The first-order valence-corrected chi connectivity index (χ1v) is 13.7. The monoisotopic (exact) mass is 540 g/mol. The smallest absolute Gasteiger partial charge is 0.272 e. The maximum atomic E-state index is 13.1. The van der Waals surface area contributed by atoms with Crippen LogP contribution in [0.3, 0.4) is 0 Å². The van der Waals surface area contributed by atoms with Gasteiger partial charge in [-0.1, -0.05) is 24.3 Å². The van der Waals surface area contributed by atoms with Crippen LogP contribution < -0.4 is 5.32 Å². The number of likely N-dealkylation sites (tertiary alicyclic amines) is 1. The molecular weight excluding hydrogens is 507 g/mol. The summed E-state index contributed by atoms with van der Waals surface area (Å²) in [6.07, 6.45) is 3.20. The zero-order valence-electron chi connectivity index (χ0n) is 22.4. The molecule has 0 atom stereocenters. The topological polar surface area (TPSA) is 92.6 Å². The van der Waals surface area contributed by atoms with Gasteiger partial charge in [0, 0.05) is 64.6 Å². The van der Waals surface area contributed by atoms with Crippen LogP contribution in [0.15, 0.2) is 66.9 Å². The van der Waals surface area contributed by atoms with Gasteiger partial charge in [0.25, 0.3) is 11.8 Å². The van der Waals surface area contributed by atoms with Crippen LogP contribution in [0.5, 0.6) is 0 Å². The quantitative estimate of drug-likeness (QED) is 0.494. The van der Waals surface area contributed by atoms with Gasteiger partial charge in [-0.2, -0.15) is 5.26 Å². The maximum Gasteiger partial charge on any atom is 0.272 e. The molecule has 206 valence electrons. The lowest BCUT2D eigenvalue weighted by molar-refractivity contribution is 0.0622. The molecule has 2 amide bonds. The Hall–Kier alpha value is -4.13. The minimum absolute atomic E-state index is 0.0947. The molecule has 0 bridgehead atoms. The van der Waals surface area contributed by atoms with Crippen LogP contribution in [0, 0.1) is 17.1 Å². The fourth-order valence-corrected chi connectivity index (χ4v) is 5.22. The van der Waals surface area contributed by atoms with Crippen molar-refractivity contribution in [1.29, 1.82) is 5.26 Å². The van der Waals surface area contributed by atoms with Crippen molar-refractivity contribution in [3.63, 3.8) is 0 Å². The van der Waals surface area contributed by atoms with E-state index in [9.17, 15) is 14.0 Å². The Morgan fingerprint density at radius 2 is 1.45 bits per heavy atom. The molecular formula is C31H33FN6O2. The molecule has 3 heterocycles. The van der Waals surface area contributed by atoms with Crippen molar-refractivity contribution in [2.24, 2.45) is 0 Å². The molecule has 0 saturated carbocycles. The summed E-state index contributed by atoms with van der Waals surface area (Å²) in [6, 6.07) is 19.7. The van der Waals surface area contributed by atoms with E-state index in [1.54, 1.807) is 29.2 Å². The average molecular weight is 541 g/mol. The molecule has 2 aliphatic rings. The van der Waals surface area contributed by atoms with Crippen molar-refractivity contribution >= 4 is 11.8 Å². The molecule has 2 aromatic carbocycles. The summed E-state index contributed by atoms with van der Waals surface area (Å²) >= 11 is 0. The van der Waals surface area contributed by atoms with Crippen molar-refractivity contribution < 1.29 is 14.0 Å². The van der Waals surface area contributed by atoms with E-state index in [-0.39, 0.29) is 23.7 Å². The predicted molar refractivity (Wildman–Crippen MR) is 149 cm³/mol. The Labute approximate surface area is 234 Å². The summed E-state index contributed by atoms with van der Waals surface area (Å²) in [5.41, 5.74) is 3.66. The number of benzene rings is 2. The summed E-state index contributed by atoms with van der Waals surface area (Å²) in [6.45, 7) is 5.96.